The van der Waals surface area contributed by atoms with Crippen LogP contribution in [0.4, 0.5) is 0 Å². The van der Waals surface area contributed by atoms with Crippen molar-refractivity contribution in [2.24, 2.45) is 40.4 Å². The van der Waals surface area contributed by atoms with Crippen LogP contribution in [0, 0.1) is 40.4 Å². The minimum absolute atomic E-state index is 0.0877. The Balaban J connectivity index is 1.35. The van der Waals surface area contributed by atoms with Crippen LogP contribution in [0.1, 0.15) is 92.4 Å². The highest BCUT2D eigenvalue weighted by Gasteiger charge is 2.60. The third-order valence-corrected chi connectivity index (χ3v) is 10.6. The van der Waals surface area contributed by atoms with Crippen LogP contribution in [0.3, 0.4) is 0 Å². The summed E-state index contributed by atoms with van der Waals surface area (Å²) in [5, 5.41) is 10.2. The lowest BCUT2D eigenvalue weighted by Gasteiger charge is -2.58. The van der Waals surface area contributed by atoms with E-state index in [9.17, 15) is 5.11 Å². The van der Waals surface area contributed by atoms with Gasteiger partial charge in [0.25, 0.3) is 0 Å². The van der Waals surface area contributed by atoms with Crippen molar-refractivity contribution in [2.45, 2.75) is 110 Å². The monoisotopic (exact) mass is 386 g/mol. The molecule has 4 fully saturated rings. The fraction of sp³-hybridized carbons (Fsp3) is 0.923. The number of rotatable bonds is 3. The first-order chi connectivity index (χ1) is 13.1. The smallest absolute Gasteiger partial charge is 0.0892 e. The Morgan fingerprint density at radius 1 is 1.07 bits per heavy atom. The van der Waals surface area contributed by atoms with Gasteiger partial charge in [0.05, 0.1) is 17.8 Å². The van der Waals surface area contributed by atoms with Gasteiger partial charge in [0.2, 0.25) is 0 Å². The molecule has 1 saturated heterocycles. The summed E-state index contributed by atoms with van der Waals surface area (Å²) in [5.74, 6) is 4.32. The SMILES string of the molecule is C[C@H](CC1OC1(C)C)[C@H]1CC[C@H]2[C@@H]3CC=C4C[C@@H](O)CC[C@]4(C)[C@H]3CC[C@]12C. The predicted molar refractivity (Wildman–Crippen MR) is 114 cm³/mol. The van der Waals surface area contributed by atoms with Crippen molar-refractivity contribution in [3.8, 4) is 0 Å². The Hall–Kier alpha value is -0.340. The first-order valence-corrected chi connectivity index (χ1v) is 12.2. The van der Waals surface area contributed by atoms with Crippen LogP contribution < -0.4 is 0 Å². The predicted octanol–water partition coefficient (Wildman–Crippen LogP) is 6.13. The summed E-state index contributed by atoms with van der Waals surface area (Å²) in [7, 11) is 0. The van der Waals surface area contributed by atoms with E-state index in [-0.39, 0.29) is 11.7 Å². The van der Waals surface area contributed by atoms with Crippen molar-refractivity contribution >= 4 is 0 Å². The molecule has 0 aromatic carbocycles. The number of allylic oxidation sites excluding steroid dienone is 1. The van der Waals surface area contributed by atoms with Crippen LogP contribution in [-0.4, -0.2) is 22.9 Å². The van der Waals surface area contributed by atoms with E-state index >= 15 is 0 Å². The second-order valence-corrected chi connectivity index (χ2v) is 12.3. The van der Waals surface area contributed by atoms with E-state index in [0.29, 0.717) is 16.9 Å². The van der Waals surface area contributed by atoms with Crippen molar-refractivity contribution in [3.05, 3.63) is 11.6 Å². The molecule has 4 aliphatic carbocycles. The minimum Gasteiger partial charge on any atom is -0.393 e. The Morgan fingerprint density at radius 2 is 1.82 bits per heavy atom. The molecule has 28 heavy (non-hydrogen) atoms. The van der Waals surface area contributed by atoms with E-state index in [1.165, 1.54) is 44.9 Å². The third kappa shape index (κ3) is 2.80. The maximum Gasteiger partial charge on any atom is 0.0892 e. The number of epoxide rings is 1. The van der Waals surface area contributed by atoms with E-state index in [2.05, 4.69) is 40.7 Å². The lowest BCUT2D eigenvalue weighted by atomic mass is 9.47. The second-order valence-electron chi connectivity index (χ2n) is 12.3. The molecule has 9 atom stereocenters. The van der Waals surface area contributed by atoms with Crippen molar-refractivity contribution in [3.63, 3.8) is 0 Å². The standard InChI is InChI=1S/C26H42O2/c1-16(14-23-24(2,3)28-23)20-8-9-21-19-7-6-17-15-18(27)10-12-25(17,4)22(19)11-13-26(20,21)5/h6,16,18-23,27H,7-15H2,1-5H3/t16-,18+,19+,20-,21+,22+,23?,25+,26-/m1/s1. The second kappa shape index (κ2) is 6.33. The molecule has 2 heteroatoms. The molecule has 1 heterocycles. The van der Waals surface area contributed by atoms with Crippen molar-refractivity contribution in [1.29, 1.82) is 0 Å². The number of aliphatic hydroxyl groups is 1. The third-order valence-electron chi connectivity index (χ3n) is 10.6. The van der Waals surface area contributed by atoms with Crippen LogP contribution in [0.25, 0.3) is 0 Å². The molecule has 3 saturated carbocycles. The minimum atomic E-state index is -0.0877. The van der Waals surface area contributed by atoms with Gasteiger partial charge in [-0.3, -0.25) is 0 Å². The zero-order valence-corrected chi connectivity index (χ0v) is 18.8. The molecule has 0 spiro atoms. The van der Waals surface area contributed by atoms with E-state index in [4.69, 9.17) is 4.74 Å². The molecule has 5 rings (SSSR count). The molecule has 0 amide bonds. The average molecular weight is 387 g/mol. The number of hydrogen-bond donors (Lipinski definition) is 1. The number of aliphatic hydroxyl groups excluding tert-OH is 1. The Bertz CT molecular complexity index is 665. The van der Waals surface area contributed by atoms with Crippen LogP contribution in [-0.2, 0) is 4.74 Å². The fourth-order valence-electron chi connectivity index (χ4n) is 8.78. The van der Waals surface area contributed by atoms with Gasteiger partial charge in [0.1, 0.15) is 0 Å². The molecule has 1 N–H and O–H groups in total. The van der Waals surface area contributed by atoms with Crippen molar-refractivity contribution < 1.29 is 9.84 Å². The molecule has 0 bridgehead atoms. The lowest BCUT2D eigenvalue weighted by Crippen LogP contribution is -2.50. The molecular weight excluding hydrogens is 344 g/mol. The summed E-state index contributed by atoms with van der Waals surface area (Å²) in [6.07, 6.45) is 14.4. The number of fused-ring (bicyclic) bond motifs is 5. The topological polar surface area (TPSA) is 32.8 Å². The van der Waals surface area contributed by atoms with Gasteiger partial charge >= 0.3 is 0 Å². The number of ether oxygens (including phenoxy) is 1. The highest BCUT2D eigenvalue weighted by molar-refractivity contribution is 5.25. The first-order valence-electron chi connectivity index (χ1n) is 12.2. The molecule has 2 nitrogen and oxygen atoms in total. The van der Waals surface area contributed by atoms with Crippen molar-refractivity contribution in [1.82, 2.24) is 0 Å². The van der Waals surface area contributed by atoms with E-state index in [0.717, 1.165) is 42.4 Å². The number of hydrogen-bond acceptors (Lipinski definition) is 2. The summed E-state index contributed by atoms with van der Waals surface area (Å²) >= 11 is 0. The molecule has 1 aliphatic heterocycles. The summed E-state index contributed by atoms with van der Waals surface area (Å²) < 4.78 is 5.94. The van der Waals surface area contributed by atoms with Gasteiger partial charge in [-0.05, 0) is 112 Å². The van der Waals surface area contributed by atoms with Gasteiger partial charge in [-0.15, -0.1) is 0 Å². The van der Waals surface area contributed by atoms with Gasteiger partial charge in [-0.1, -0.05) is 32.4 Å². The van der Waals surface area contributed by atoms with E-state index in [1.54, 1.807) is 5.57 Å². The van der Waals surface area contributed by atoms with E-state index < -0.39 is 0 Å². The zero-order valence-electron chi connectivity index (χ0n) is 18.8. The Kier molecular flexibility index (Phi) is 4.43. The Morgan fingerprint density at radius 3 is 2.54 bits per heavy atom. The quantitative estimate of drug-likeness (QED) is 0.467. The first kappa shape index (κ1) is 19.6. The lowest BCUT2D eigenvalue weighted by molar-refractivity contribution is -0.0574. The normalized spacial score (nSPS) is 52.9. The van der Waals surface area contributed by atoms with Crippen LogP contribution in [0.2, 0.25) is 0 Å². The average Bonchev–Trinajstić information content (AvgIpc) is 3.06. The Labute approximate surface area is 172 Å². The summed E-state index contributed by atoms with van der Waals surface area (Å²) in [6, 6.07) is 0. The van der Waals surface area contributed by atoms with Gasteiger partial charge in [-0.25, -0.2) is 0 Å². The molecule has 5 aliphatic rings. The van der Waals surface area contributed by atoms with Crippen LogP contribution in [0.15, 0.2) is 11.6 Å². The molecule has 0 aromatic rings. The van der Waals surface area contributed by atoms with Gasteiger partial charge in [-0.2, -0.15) is 0 Å². The molecule has 158 valence electrons. The summed E-state index contributed by atoms with van der Waals surface area (Å²) in [6.45, 7) is 12.2. The highest BCUT2D eigenvalue weighted by atomic mass is 16.6. The summed E-state index contributed by atoms with van der Waals surface area (Å²) in [5.41, 5.74) is 2.65. The summed E-state index contributed by atoms with van der Waals surface area (Å²) in [4.78, 5) is 0. The molecular formula is C26H42O2. The van der Waals surface area contributed by atoms with Crippen LogP contribution >= 0.6 is 0 Å². The van der Waals surface area contributed by atoms with E-state index in [1.807, 2.05) is 0 Å². The molecule has 0 aromatic heterocycles. The maximum absolute atomic E-state index is 10.2. The van der Waals surface area contributed by atoms with Gasteiger partial charge < -0.3 is 9.84 Å². The molecule has 0 radical (unpaired) electrons. The zero-order chi connectivity index (χ0) is 19.9. The van der Waals surface area contributed by atoms with Crippen LogP contribution in [0.5, 0.6) is 0 Å². The van der Waals surface area contributed by atoms with Crippen molar-refractivity contribution in [2.75, 3.05) is 0 Å². The van der Waals surface area contributed by atoms with Gasteiger partial charge in [0, 0.05) is 0 Å². The highest BCUT2D eigenvalue weighted by Crippen LogP contribution is 2.67. The molecule has 1 unspecified atom stereocenters. The maximum atomic E-state index is 10.2. The van der Waals surface area contributed by atoms with Gasteiger partial charge in [0.15, 0.2) is 0 Å². The largest absolute Gasteiger partial charge is 0.393 e. The fourth-order valence-corrected chi connectivity index (χ4v) is 8.78.